The molecule has 0 aromatic heterocycles. The second-order valence-corrected chi connectivity index (χ2v) is 3.81. The van der Waals surface area contributed by atoms with E-state index in [1.54, 1.807) is 0 Å². The van der Waals surface area contributed by atoms with E-state index in [4.69, 9.17) is 0 Å². The van der Waals surface area contributed by atoms with Crippen molar-refractivity contribution < 1.29 is 30.6 Å². The third-order valence-corrected chi connectivity index (χ3v) is 2.24. The smallest absolute Gasteiger partial charge is 0.297 e. The summed E-state index contributed by atoms with van der Waals surface area (Å²) in [5, 5.41) is 0. The average molecular weight is 220 g/mol. The molecule has 8 heteroatoms. The van der Waals surface area contributed by atoms with E-state index in [1.165, 1.54) is 0 Å². The molecule has 0 bridgehead atoms. The molecule has 1 atom stereocenters. The van der Waals surface area contributed by atoms with Crippen LogP contribution in [0.2, 0.25) is 0 Å². The lowest BCUT2D eigenvalue weighted by Gasteiger charge is -2.11. The van der Waals surface area contributed by atoms with Crippen LogP contribution in [0.5, 0.6) is 0 Å². The van der Waals surface area contributed by atoms with Crippen LogP contribution in [0.25, 0.3) is 0 Å². The minimum absolute atomic E-state index is 0.798. The third kappa shape index (κ3) is 3.31. The fourth-order valence-corrected chi connectivity index (χ4v) is 0.937. The number of hydrogen-bond acceptors (Lipinski definition) is 4. The first-order chi connectivity index (χ1) is 5.58. The second-order valence-electron chi connectivity index (χ2n) is 2.25. The molecule has 0 spiro atoms. The Morgan fingerprint density at radius 1 is 1.38 bits per heavy atom. The highest BCUT2D eigenvalue weighted by atomic mass is 32.2. The fraction of sp³-hybridized carbons (Fsp3) is 0.800. The number of carbonyl (C=O) groups excluding carboxylic acids is 1. The van der Waals surface area contributed by atoms with Gasteiger partial charge < -0.3 is 0 Å². The van der Waals surface area contributed by atoms with E-state index in [9.17, 15) is 26.4 Å². The van der Waals surface area contributed by atoms with Gasteiger partial charge in [0.1, 0.15) is 6.10 Å². The molecular formula is C5H7F3O4S. The zero-order valence-corrected chi connectivity index (χ0v) is 7.57. The van der Waals surface area contributed by atoms with Crippen molar-refractivity contribution in [2.75, 3.05) is 0 Å². The molecule has 0 aromatic rings. The molecule has 0 saturated heterocycles. The molecule has 0 heterocycles. The summed E-state index contributed by atoms with van der Waals surface area (Å²) < 4.78 is 59.0. The third-order valence-electron chi connectivity index (χ3n) is 1.13. The number of Topliss-reactive ketones (excluding diaryl/α,β-unsaturated/α-hetero) is 1. The van der Waals surface area contributed by atoms with Gasteiger partial charge in [-0.25, -0.2) is 0 Å². The molecule has 13 heavy (non-hydrogen) atoms. The summed E-state index contributed by atoms with van der Waals surface area (Å²) in [6.45, 7) is 1.85. The summed E-state index contributed by atoms with van der Waals surface area (Å²) in [6.07, 6.45) is -1.62. The maximum absolute atomic E-state index is 11.6. The predicted octanol–water partition coefficient (Wildman–Crippen LogP) is 0.830. The molecule has 4 nitrogen and oxygen atoms in total. The normalized spacial score (nSPS) is 15.5. The maximum Gasteiger partial charge on any atom is 0.523 e. The van der Waals surface area contributed by atoms with Gasteiger partial charge in [0.15, 0.2) is 5.78 Å². The lowest BCUT2D eigenvalue weighted by Crippen LogP contribution is -2.31. The first-order valence-electron chi connectivity index (χ1n) is 3.08. The van der Waals surface area contributed by atoms with Gasteiger partial charge in [0.25, 0.3) is 0 Å². The standard InChI is InChI=1S/C5H7F3O4S/c1-3(9)4(2)12-13(10,11)5(6,7)8/h4H,1-2H3/t4-/m0/s1. The molecule has 0 aliphatic rings. The molecule has 0 fully saturated rings. The Kier molecular flexibility index (Phi) is 3.45. The Morgan fingerprint density at radius 2 is 1.77 bits per heavy atom. The van der Waals surface area contributed by atoms with Crippen LogP contribution in [0, 0.1) is 0 Å². The second kappa shape index (κ2) is 3.62. The van der Waals surface area contributed by atoms with Crippen LogP contribution in [0.3, 0.4) is 0 Å². The summed E-state index contributed by atoms with van der Waals surface area (Å²) in [7, 11) is -5.66. The molecule has 0 aliphatic heterocycles. The van der Waals surface area contributed by atoms with Crippen LogP contribution in [0.15, 0.2) is 0 Å². The van der Waals surface area contributed by atoms with Gasteiger partial charge in [-0.2, -0.15) is 21.6 Å². The van der Waals surface area contributed by atoms with E-state index in [-0.39, 0.29) is 0 Å². The Labute approximate surface area is 72.8 Å². The van der Waals surface area contributed by atoms with Crippen LogP contribution in [-0.2, 0) is 19.1 Å². The van der Waals surface area contributed by atoms with Gasteiger partial charge >= 0.3 is 15.6 Å². The van der Waals surface area contributed by atoms with Crippen LogP contribution >= 0.6 is 0 Å². The largest absolute Gasteiger partial charge is 0.523 e. The van der Waals surface area contributed by atoms with E-state index in [1.807, 2.05) is 0 Å². The van der Waals surface area contributed by atoms with Gasteiger partial charge in [-0.15, -0.1) is 0 Å². The van der Waals surface area contributed by atoms with Gasteiger partial charge in [0.05, 0.1) is 0 Å². The Hall–Kier alpha value is -0.630. The van der Waals surface area contributed by atoms with Crippen LogP contribution in [-0.4, -0.2) is 25.8 Å². The Morgan fingerprint density at radius 3 is 2.00 bits per heavy atom. The van der Waals surface area contributed by atoms with E-state index >= 15 is 0 Å². The van der Waals surface area contributed by atoms with E-state index in [0.717, 1.165) is 13.8 Å². The zero-order chi connectivity index (χ0) is 10.9. The summed E-state index contributed by atoms with van der Waals surface area (Å²) in [5.74, 6) is -0.798. The van der Waals surface area contributed by atoms with Gasteiger partial charge in [-0.05, 0) is 13.8 Å². The molecule has 78 valence electrons. The lowest BCUT2D eigenvalue weighted by molar-refractivity contribution is -0.123. The number of carbonyl (C=O) groups is 1. The number of alkyl halides is 3. The monoisotopic (exact) mass is 220 g/mol. The number of hydrogen-bond donors (Lipinski definition) is 0. The average Bonchev–Trinajstić information content (AvgIpc) is 1.83. The molecule has 0 N–H and O–H groups in total. The molecule has 0 radical (unpaired) electrons. The summed E-state index contributed by atoms with van der Waals surface area (Å²) in [5.41, 5.74) is -5.49. The van der Waals surface area contributed by atoms with Crippen LogP contribution in [0.4, 0.5) is 13.2 Å². The fourth-order valence-electron chi connectivity index (χ4n) is 0.312. The molecule has 0 unspecified atom stereocenters. The zero-order valence-electron chi connectivity index (χ0n) is 6.75. The van der Waals surface area contributed by atoms with Crippen molar-refractivity contribution in [3.05, 3.63) is 0 Å². The molecule has 0 amide bonds. The first-order valence-corrected chi connectivity index (χ1v) is 4.49. The van der Waals surface area contributed by atoms with E-state index in [2.05, 4.69) is 4.18 Å². The topological polar surface area (TPSA) is 60.4 Å². The van der Waals surface area contributed by atoms with Crippen molar-refractivity contribution in [2.45, 2.75) is 25.5 Å². The predicted molar refractivity (Wildman–Crippen MR) is 36.2 cm³/mol. The number of ketones is 1. The summed E-state index contributed by atoms with van der Waals surface area (Å²) in [4.78, 5) is 10.4. The van der Waals surface area contributed by atoms with Crippen molar-refractivity contribution in [3.8, 4) is 0 Å². The quantitative estimate of drug-likeness (QED) is 0.522. The first kappa shape index (κ1) is 12.4. The van der Waals surface area contributed by atoms with Gasteiger partial charge in [0, 0.05) is 0 Å². The number of halogens is 3. The molecule has 0 saturated carbocycles. The number of rotatable bonds is 3. The van der Waals surface area contributed by atoms with E-state index in [0.29, 0.717) is 0 Å². The van der Waals surface area contributed by atoms with Gasteiger partial charge in [-0.3, -0.25) is 8.98 Å². The SMILES string of the molecule is CC(=O)[C@H](C)OS(=O)(=O)C(F)(F)F. The Balaban J connectivity index is 4.64. The highest BCUT2D eigenvalue weighted by Crippen LogP contribution is 2.25. The summed E-state index contributed by atoms with van der Waals surface area (Å²) in [6, 6.07) is 0. The van der Waals surface area contributed by atoms with Crippen LogP contribution < -0.4 is 0 Å². The van der Waals surface area contributed by atoms with E-state index < -0.39 is 27.5 Å². The molecule has 0 rings (SSSR count). The molecule has 0 aliphatic carbocycles. The van der Waals surface area contributed by atoms with Crippen molar-refractivity contribution in [2.24, 2.45) is 0 Å². The Bertz CT molecular complexity index is 291. The highest BCUT2D eigenvalue weighted by Gasteiger charge is 2.48. The molecular weight excluding hydrogens is 213 g/mol. The van der Waals surface area contributed by atoms with Gasteiger partial charge in [0.2, 0.25) is 0 Å². The highest BCUT2D eigenvalue weighted by molar-refractivity contribution is 7.87. The molecule has 0 aromatic carbocycles. The van der Waals surface area contributed by atoms with Crippen molar-refractivity contribution >= 4 is 15.9 Å². The van der Waals surface area contributed by atoms with Crippen LogP contribution in [0.1, 0.15) is 13.8 Å². The van der Waals surface area contributed by atoms with Gasteiger partial charge in [-0.1, -0.05) is 0 Å². The lowest BCUT2D eigenvalue weighted by atomic mass is 10.3. The minimum Gasteiger partial charge on any atom is -0.297 e. The van der Waals surface area contributed by atoms with Crippen molar-refractivity contribution in [3.63, 3.8) is 0 Å². The maximum atomic E-state index is 11.6. The van der Waals surface area contributed by atoms with Crippen molar-refractivity contribution in [1.82, 2.24) is 0 Å². The summed E-state index contributed by atoms with van der Waals surface area (Å²) >= 11 is 0. The minimum atomic E-state index is -5.66. The van der Waals surface area contributed by atoms with Crippen molar-refractivity contribution in [1.29, 1.82) is 0 Å².